The fourth-order valence-corrected chi connectivity index (χ4v) is 3.60. The molecule has 114 valence electrons. The monoisotopic (exact) mass is 296 g/mol. The van der Waals surface area contributed by atoms with Gasteiger partial charge in [-0.1, -0.05) is 12.1 Å². The number of aryl methyl sites for hydroxylation is 2. The topological polar surface area (TPSA) is 41.4 Å². The Morgan fingerprint density at radius 2 is 2.14 bits per heavy atom. The molecule has 5 nitrogen and oxygen atoms in total. The second-order valence-corrected chi connectivity index (χ2v) is 6.24. The first-order chi connectivity index (χ1) is 10.6. The highest BCUT2D eigenvalue weighted by atomic mass is 16.2. The lowest BCUT2D eigenvalue weighted by Gasteiger charge is -2.26. The molecule has 4 rings (SSSR count). The normalized spacial score (nSPS) is 20.8. The number of carbonyl (C=O) groups is 1. The fraction of sp³-hybridized carbons (Fsp3) is 0.412. The van der Waals surface area contributed by atoms with Gasteiger partial charge in [0.15, 0.2) is 0 Å². The molecule has 1 aromatic heterocycles. The van der Waals surface area contributed by atoms with E-state index in [9.17, 15) is 4.79 Å². The molecule has 0 N–H and O–H groups in total. The summed E-state index contributed by atoms with van der Waals surface area (Å²) in [7, 11) is 1.88. The van der Waals surface area contributed by atoms with E-state index in [2.05, 4.69) is 35.1 Å². The van der Waals surface area contributed by atoms with E-state index in [0.29, 0.717) is 0 Å². The van der Waals surface area contributed by atoms with Gasteiger partial charge in [0.2, 0.25) is 5.91 Å². The van der Waals surface area contributed by atoms with Gasteiger partial charge in [0.25, 0.3) is 0 Å². The minimum atomic E-state index is -0.0387. The van der Waals surface area contributed by atoms with Crippen LogP contribution in [-0.2, 0) is 18.3 Å². The van der Waals surface area contributed by atoms with E-state index in [1.54, 1.807) is 10.9 Å². The summed E-state index contributed by atoms with van der Waals surface area (Å²) in [6, 6.07) is 6.52. The van der Waals surface area contributed by atoms with Crippen LogP contribution in [0.2, 0.25) is 0 Å². The third-order valence-electron chi connectivity index (χ3n) is 4.73. The van der Waals surface area contributed by atoms with Crippen LogP contribution < -0.4 is 9.80 Å². The third kappa shape index (κ3) is 2.00. The summed E-state index contributed by atoms with van der Waals surface area (Å²) in [5, 5.41) is 4.17. The SMILES string of the molecule is Cc1ccc2c(c1)N([C@H]1CCN(c3cnn(C)c3)C1=O)CC2. The number of fused-ring (bicyclic) bond motifs is 1. The molecule has 22 heavy (non-hydrogen) atoms. The summed E-state index contributed by atoms with van der Waals surface area (Å²) in [6.45, 7) is 3.82. The highest BCUT2D eigenvalue weighted by Crippen LogP contribution is 2.34. The lowest BCUT2D eigenvalue weighted by molar-refractivity contribution is -0.118. The van der Waals surface area contributed by atoms with Crippen LogP contribution in [-0.4, -0.2) is 34.8 Å². The molecule has 5 heteroatoms. The summed E-state index contributed by atoms with van der Waals surface area (Å²) < 4.78 is 1.74. The summed E-state index contributed by atoms with van der Waals surface area (Å²) >= 11 is 0. The number of amides is 1. The first kappa shape index (κ1) is 13.4. The summed E-state index contributed by atoms with van der Waals surface area (Å²) in [6.07, 6.45) is 5.58. The maximum atomic E-state index is 12.8. The minimum Gasteiger partial charge on any atom is -0.359 e. The second-order valence-electron chi connectivity index (χ2n) is 6.24. The van der Waals surface area contributed by atoms with Gasteiger partial charge >= 0.3 is 0 Å². The van der Waals surface area contributed by atoms with Gasteiger partial charge in [0, 0.05) is 32.0 Å². The zero-order valence-electron chi connectivity index (χ0n) is 13.0. The molecule has 2 aliphatic heterocycles. The third-order valence-corrected chi connectivity index (χ3v) is 4.73. The Labute approximate surface area is 130 Å². The van der Waals surface area contributed by atoms with Gasteiger partial charge in [-0.15, -0.1) is 0 Å². The summed E-state index contributed by atoms with van der Waals surface area (Å²) in [5.74, 6) is 0.197. The van der Waals surface area contributed by atoms with Crippen LogP contribution in [0.1, 0.15) is 17.5 Å². The number of rotatable bonds is 2. The highest BCUT2D eigenvalue weighted by molar-refractivity contribution is 6.01. The average Bonchev–Trinajstić information content (AvgIpc) is 3.17. The molecule has 0 aliphatic carbocycles. The molecule has 3 heterocycles. The summed E-state index contributed by atoms with van der Waals surface area (Å²) in [5.41, 5.74) is 4.75. The van der Waals surface area contributed by atoms with E-state index in [0.717, 1.165) is 31.6 Å². The predicted octanol–water partition coefficient (Wildman–Crippen LogP) is 1.90. The van der Waals surface area contributed by atoms with E-state index >= 15 is 0 Å². The van der Waals surface area contributed by atoms with Crippen molar-refractivity contribution in [1.82, 2.24) is 9.78 Å². The molecule has 2 aliphatic rings. The van der Waals surface area contributed by atoms with Crippen LogP contribution in [0.3, 0.4) is 0 Å². The average molecular weight is 296 g/mol. The molecule has 1 atom stereocenters. The van der Waals surface area contributed by atoms with Crippen LogP contribution >= 0.6 is 0 Å². The molecule has 0 spiro atoms. The Hall–Kier alpha value is -2.30. The van der Waals surface area contributed by atoms with Crippen LogP contribution in [0, 0.1) is 6.92 Å². The van der Waals surface area contributed by atoms with Gasteiger partial charge < -0.3 is 9.80 Å². The smallest absolute Gasteiger partial charge is 0.249 e. The molecule has 2 aromatic rings. The van der Waals surface area contributed by atoms with Crippen molar-refractivity contribution >= 4 is 17.3 Å². The van der Waals surface area contributed by atoms with Crippen molar-refractivity contribution in [2.24, 2.45) is 7.05 Å². The highest BCUT2D eigenvalue weighted by Gasteiger charge is 2.39. The fourth-order valence-electron chi connectivity index (χ4n) is 3.60. The van der Waals surface area contributed by atoms with E-state index in [4.69, 9.17) is 0 Å². The molecule has 1 saturated heterocycles. The van der Waals surface area contributed by atoms with Crippen LogP contribution in [0.5, 0.6) is 0 Å². The van der Waals surface area contributed by atoms with Crippen molar-refractivity contribution in [3.05, 3.63) is 41.7 Å². The quantitative estimate of drug-likeness (QED) is 0.850. The maximum Gasteiger partial charge on any atom is 0.249 e. The number of benzene rings is 1. The molecule has 0 unspecified atom stereocenters. The lowest BCUT2D eigenvalue weighted by atomic mass is 10.1. The second kappa shape index (κ2) is 4.87. The Bertz CT molecular complexity index is 736. The summed E-state index contributed by atoms with van der Waals surface area (Å²) in [4.78, 5) is 17.0. The van der Waals surface area contributed by atoms with Crippen LogP contribution in [0.25, 0.3) is 0 Å². The van der Waals surface area contributed by atoms with Crippen molar-refractivity contribution < 1.29 is 4.79 Å². The molecule has 0 bridgehead atoms. The Morgan fingerprint density at radius 3 is 2.91 bits per heavy atom. The Morgan fingerprint density at radius 1 is 1.27 bits per heavy atom. The van der Waals surface area contributed by atoms with E-state index in [1.807, 2.05) is 18.1 Å². The van der Waals surface area contributed by atoms with Gasteiger partial charge in [-0.05, 0) is 37.0 Å². The predicted molar refractivity (Wildman–Crippen MR) is 86.2 cm³/mol. The molecule has 1 fully saturated rings. The molecule has 1 aromatic carbocycles. The molecular weight excluding hydrogens is 276 g/mol. The van der Waals surface area contributed by atoms with Crippen molar-refractivity contribution in [3.63, 3.8) is 0 Å². The van der Waals surface area contributed by atoms with E-state index in [-0.39, 0.29) is 11.9 Å². The number of hydrogen-bond donors (Lipinski definition) is 0. The number of anilines is 2. The maximum absolute atomic E-state index is 12.8. The zero-order valence-corrected chi connectivity index (χ0v) is 13.0. The van der Waals surface area contributed by atoms with Gasteiger partial charge in [0.1, 0.15) is 6.04 Å². The standard InChI is InChI=1S/C17H20N4O/c1-12-3-4-13-5-7-21(16(13)9-12)15-6-8-20(17(15)22)14-10-18-19(2)11-14/h3-4,9-11,15H,5-8H2,1-2H3/t15-/m0/s1. The first-order valence-corrected chi connectivity index (χ1v) is 7.80. The molecule has 0 saturated carbocycles. The van der Waals surface area contributed by atoms with Gasteiger partial charge in [-0.2, -0.15) is 5.10 Å². The number of aromatic nitrogens is 2. The number of hydrogen-bond acceptors (Lipinski definition) is 3. The number of carbonyl (C=O) groups excluding carboxylic acids is 1. The van der Waals surface area contributed by atoms with Crippen molar-refractivity contribution in [2.45, 2.75) is 25.8 Å². The van der Waals surface area contributed by atoms with Gasteiger partial charge in [-0.3, -0.25) is 9.48 Å². The van der Waals surface area contributed by atoms with E-state index < -0.39 is 0 Å². The van der Waals surface area contributed by atoms with Crippen molar-refractivity contribution in [2.75, 3.05) is 22.9 Å². The number of nitrogens with zero attached hydrogens (tertiary/aromatic N) is 4. The zero-order chi connectivity index (χ0) is 15.3. The largest absolute Gasteiger partial charge is 0.359 e. The molecule has 0 radical (unpaired) electrons. The van der Waals surface area contributed by atoms with Crippen molar-refractivity contribution in [1.29, 1.82) is 0 Å². The Kier molecular flexibility index (Phi) is 2.96. The van der Waals surface area contributed by atoms with E-state index in [1.165, 1.54) is 16.8 Å². The van der Waals surface area contributed by atoms with Gasteiger partial charge in [0.05, 0.1) is 11.9 Å². The molecule has 1 amide bonds. The Balaban J connectivity index is 1.61. The van der Waals surface area contributed by atoms with Crippen LogP contribution in [0.4, 0.5) is 11.4 Å². The first-order valence-electron chi connectivity index (χ1n) is 7.80. The lowest BCUT2D eigenvalue weighted by Crippen LogP contribution is -2.41. The minimum absolute atomic E-state index is 0.0387. The van der Waals surface area contributed by atoms with Crippen molar-refractivity contribution in [3.8, 4) is 0 Å². The molecular formula is C17H20N4O. The van der Waals surface area contributed by atoms with Gasteiger partial charge in [-0.25, -0.2) is 0 Å². The van der Waals surface area contributed by atoms with Crippen LogP contribution in [0.15, 0.2) is 30.6 Å².